The highest BCUT2D eigenvalue weighted by Gasteiger charge is 2.44. The molecule has 1 unspecified atom stereocenters. The van der Waals surface area contributed by atoms with Gasteiger partial charge in [0, 0.05) is 22.9 Å². The van der Waals surface area contributed by atoms with Gasteiger partial charge < -0.3 is 15.2 Å². The first-order chi connectivity index (χ1) is 16.7. The molecule has 190 valence electrons. The van der Waals surface area contributed by atoms with E-state index in [0.717, 1.165) is 19.2 Å². The third-order valence-corrected chi connectivity index (χ3v) is 6.49. The molecule has 3 N–H and O–H groups in total. The van der Waals surface area contributed by atoms with Crippen LogP contribution in [0.3, 0.4) is 0 Å². The first kappa shape index (κ1) is 25.4. The molecular formula is C21H18F4N6O4S. The van der Waals surface area contributed by atoms with Crippen molar-refractivity contribution in [1.29, 1.82) is 4.78 Å². The SMILES string of the molecule is Cc1c(C(F)(F)F)nnc(Oc2nnc(C3(O)CC3)cc2F)c1C(=O)Nc1cccc(S(C)(=N)=O)c1. The number of amides is 1. The molecule has 0 bridgehead atoms. The number of hydrogen-bond donors (Lipinski definition) is 3. The molecule has 1 aliphatic carbocycles. The summed E-state index contributed by atoms with van der Waals surface area (Å²) < 4.78 is 79.8. The van der Waals surface area contributed by atoms with E-state index in [0.29, 0.717) is 12.8 Å². The van der Waals surface area contributed by atoms with Crippen LogP contribution in [0.2, 0.25) is 0 Å². The monoisotopic (exact) mass is 526 g/mol. The van der Waals surface area contributed by atoms with Crippen molar-refractivity contribution < 1.29 is 36.4 Å². The first-order valence-corrected chi connectivity index (χ1v) is 12.2. The molecule has 0 saturated heterocycles. The molecule has 2 aromatic heterocycles. The van der Waals surface area contributed by atoms with Crippen LogP contribution in [0.4, 0.5) is 23.2 Å². The number of carbonyl (C=O) groups is 1. The average molecular weight is 526 g/mol. The van der Waals surface area contributed by atoms with Crippen molar-refractivity contribution >= 4 is 21.3 Å². The molecule has 0 spiro atoms. The van der Waals surface area contributed by atoms with Gasteiger partial charge in [-0.15, -0.1) is 20.4 Å². The number of nitrogens with one attached hydrogen (secondary N) is 2. The van der Waals surface area contributed by atoms with E-state index in [9.17, 15) is 31.7 Å². The summed E-state index contributed by atoms with van der Waals surface area (Å²) in [5.74, 6) is -3.79. The number of rotatable bonds is 6. The fourth-order valence-corrected chi connectivity index (χ4v) is 3.93. The van der Waals surface area contributed by atoms with Gasteiger partial charge in [-0.25, -0.2) is 13.4 Å². The Bertz CT molecular complexity index is 1480. The summed E-state index contributed by atoms with van der Waals surface area (Å²) in [5, 5.41) is 26.0. The number of anilines is 1. The lowest BCUT2D eigenvalue weighted by Crippen LogP contribution is -2.21. The van der Waals surface area contributed by atoms with Crippen LogP contribution >= 0.6 is 0 Å². The fourth-order valence-electron chi connectivity index (χ4n) is 3.24. The third kappa shape index (κ3) is 5.11. The summed E-state index contributed by atoms with van der Waals surface area (Å²) >= 11 is 0. The van der Waals surface area contributed by atoms with Crippen LogP contribution < -0.4 is 10.1 Å². The summed E-state index contributed by atoms with van der Waals surface area (Å²) in [6.07, 6.45) is -3.07. The van der Waals surface area contributed by atoms with Gasteiger partial charge in [0.05, 0.1) is 15.4 Å². The number of nitrogens with zero attached hydrogens (tertiary/aromatic N) is 4. The van der Waals surface area contributed by atoms with E-state index < -0.39 is 61.8 Å². The molecule has 1 atom stereocenters. The lowest BCUT2D eigenvalue weighted by atomic mass is 10.1. The Balaban J connectivity index is 1.73. The summed E-state index contributed by atoms with van der Waals surface area (Å²) in [4.78, 5) is 13.1. The van der Waals surface area contributed by atoms with Crippen molar-refractivity contribution in [3.05, 3.63) is 58.7 Å². The molecule has 10 nitrogen and oxygen atoms in total. The van der Waals surface area contributed by atoms with E-state index in [1.165, 1.54) is 24.3 Å². The molecule has 0 radical (unpaired) electrons. The Labute approximate surface area is 201 Å². The van der Waals surface area contributed by atoms with Crippen molar-refractivity contribution in [2.24, 2.45) is 0 Å². The number of hydrogen-bond acceptors (Lipinski definition) is 9. The lowest BCUT2D eigenvalue weighted by molar-refractivity contribution is -0.142. The second kappa shape index (κ2) is 8.74. The van der Waals surface area contributed by atoms with E-state index in [1.54, 1.807) is 0 Å². The summed E-state index contributed by atoms with van der Waals surface area (Å²) in [6, 6.07) is 6.26. The van der Waals surface area contributed by atoms with E-state index in [2.05, 4.69) is 25.7 Å². The van der Waals surface area contributed by atoms with Crippen LogP contribution in [0.25, 0.3) is 0 Å². The normalized spacial score (nSPS) is 16.2. The van der Waals surface area contributed by atoms with E-state index in [-0.39, 0.29) is 16.3 Å². The van der Waals surface area contributed by atoms with Gasteiger partial charge in [0.1, 0.15) is 11.2 Å². The van der Waals surface area contributed by atoms with Crippen LogP contribution in [-0.2, 0) is 21.5 Å². The second-order valence-electron chi connectivity index (χ2n) is 8.19. The van der Waals surface area contributed by atoms with Crippen molar-refractivity contribution in [3.63, 3.8) is 0 Å². The fraction of sp³-hybridized carbons (Fsp3) is 0.286. The molecule has 3 aromatic rings. The molecule has 2 heterocycles. The zero-order chi connectivity index (χ0) is 26.5. The smallest absolute Gasteiger partial charge is 0.414 e. The highest BCUT2D eigenvalue weighted by Crippen LogP contribution is 2.44. The predicted octanol–water partition coefficient (Wildman–Crippen LogP) is 3.79. The summed E-state index contributed by atoms with van der Waals surface area (Å²) in [7, 11) is -3.15. The minimum Gasteiger partial charge on any atom is -0.414 e. The second-order valence-corrected chi connectivity index (χ2v) is 10.4. The van der Waals surface area contributed by atoms with Gasteiger partial charge in [-0.2, -0.15) is 13.2 Å². The number of aliphatic hydroxyl groups is 1. The quantitative estimate of drug-likeness (QED) is 0.411. The van der Waals surface area contributed by atoms with Gasteiger partial charge >= 0.3 is 6.18 Å². The number of ether oxygens (including phenoxy) is 1. The minimum absolute atomic E-state index is 0.0306. The van der Waals surface area contributed by atoms with E-state index in [1.807, 2.05) is 0 Å². The summed E-state index contributed by atoms with van der Waals surface area (Å²) in [6.45, 7) is 0.964. The molecule has 4 rings (SSSR count). The zero-order valence-electron chi connectivity index (χ0n) is 18.7. The molecule has 1 saturated carbocycles. The van der Waals surface area contributed by atoms with Crippen molar-refractivity contribution in [3.8, 4) is 11.8 Å². The van der Waals surface area contributed by atoms with Gasteiger partial charge in [0.2, 0.25) is 0 Å². The van der Waals surface area contributed by atoms with E-state index in [4.69, 9.17) is 9.52 Å². The number of benzene rings is 1. The van der Waals surface area contributed by atoms with Crippen LogP contribution in [-0.4, -0.2) is 41.9 Å². The highest BCUT2D eigenvalue weighted by atomic mass is 32.2. The highest BCUT2D eigenvalue weighted by molar-refractivity contribution is 7.91. The Morgan fingerprint density at radius 2 is 1.83 bits per heavy atom. The van der Waals surface area contributed by atoms with Crippen LogP contribution in [0.5, 0.6) is 11.8 Å². The topological polar surface area (TPSA) is 151 Å². The van der Waals surface area contributed by atoms with Crippen molar-refractivity contribution in [2.45, 2.75) is 36.4 Å². The minimum atomic E-state index is -4.96. The van der Waals surface area contributed by atoms with Crippen LogP contribution in [0, 0.1) is 17.5 Å². The molecule has 36 heavy (non-hydrogen) atoms. The van der Waals surface area contributed by atoms with Gasteiger partial charge in [0.15, 0.2) is 11.5 Å². The average Bonchev–Trinajstić information content (AvgIpc) is 3.52. The predicted molar refractivity (Wildman–Crippen MR) is 116 cm³/mol. The van der Waals surface area contributed by atoms with Gasteiger partial charge in [-0.1, -0.05) is 6.07 Å². The Kier molecular flexibility index (Phi) is 6.16. The molecule has 15 heteroatoms. The molecular weight excluding hydrogens is 508 g/mol. The number of alkyl halides is 3. The molecule has 1 amide bonds. The number of halogens is 4. The Hall–Kier alpha value is -3.72. The molecule has 1 fully saturated rings. The maximum atomic E-state index is 14.6. The Morgan fingerprint density at radius 1 is 1.17 bits per heavy atom. The molecule has 1 aromatic carbocycles. The Morgan fingerprint density at radius 3 is 2.42 bits per heavy atom. The number of carbonyl (C=O) groups excluding carboxylic acids is 1. The largest absolute Gasteiger partial charge is 0.435 e. The maximum Gasteiger partial charge on any atom is 0.435 e. The molecule has 0 aliphatic heterocycles. The zero-order valence-corrected chi connectivity index (χ0v) is 19.5. The summed E-state index contributed by atoms with van der Waals surface area (Å²) in [5.41, 5.74) is -4.13. The van der Waals surface area contributed by atoms with E-state index >= 15 is 0 Å². The van der Waals surface area contributed by atoms with Crippen LogP contribution in [0.1, 0.15) is 40.2 Å². The van der Waals surface area contributed by atoms with Gasteiger partial charge in [0.25, 0.3) is 17.7 Å². The maximum absolute atomic E-state index is 14.6. The standard InChI is InChI=1S/C21H18F4N6O4S/c1-10-15(17(32)27-11-4-3-5-12(8-11)36(2,26)34)19(31-29-16(10)21(23,24)25)35-18-13(22)9-14(28-30-18)20(33)6-7-20/h3-5,8-9,26,33H,6-7H2,1-2H3,(H,27,32). The van der Waals surface area contributed by atoms with Gasteiger partial charge in [-0.05, 0) is 43.5 Å². The third-order valence-electron chi connectivity index (χ3n) is 5.33. The van der Waals surface area contributed by atoms with Crippen LogP contribution in [0.15, 0.2) is 35.2 Å². The van der Waals surface area contributed by atoms with Crippen molar-refractivity contribution in [1.82, 2.24) is 20.4 Å². The number of aromatic nitrogens is 4. The first-order valence-electron chi connectivity index (χ1n) is 10.2. The van der Waals surface area contributed by atoms with Gasteiger partial charge in [-0.3, -0.25) is 4.79 Å². The molecule has 1 aliphatic rings. The van der Waals surface area contributed by atoms with Crippen molar-refractivity contribution in [2.75, 3.05) is 11.6 Å². The lowest BCUT2D eigenvalue weighted by Gasteiger charge is -2.16.